The minimum absolute atomic E-state index is 0.0118. The van der Waals surface area contributed by atoms with E-state index in [0.29, 0.717) is 5.88 Å². The Labute approximate surface area is 121 Å². The van der Waals surface area contributed by atoms with Gasteiger partial charge in [0.05, 0.1) is 18.9 Å². The van der Waals surface area contributed by atoms with E-state index in [0.717, 1.165) is 6.42 Å². The first-order valence-electron chi connectivity index (χ1n) is 6.70. The number of carboxylic acid groups (broad SMARTS) is 1. The second-order valence-electron chi connectivity index (χ2n) is 5.29. The third-order valence-electron chi connectivity index (χ3n) is 4.15. The number of rotatable bonds is 4. The molecule has 0 radical (unpaired) electrons. The van der Waals surface area contributed by atoms with Crippen LogP contribution in [0.2, 0.25) is 0 Å². The van der Waals surface area contributed by atoms with Gasteiger partial charge in [0.1, 0.15) is 0 Å². The van der Waals surface area contributed by atoms with E-state index in [9.17, 15) is 14.7 Å². The maximum atomic E-state index is 12.4. The first kappa shape index (κ1) is 13.5. The van der Waals surface area contributed by atoms with Crippen molar-refractivity contribution in [2.24, 2.45) is 23.7 Å². The quantitative estimate of drug-likeness (QED) is 0.800. The summed E-state index contributed by atoms with van der Waals surface area (Å²) in [5.41, 5.74) is 0. The lowest BCUT2D eigenvalue weighted by Gasteiger charge is -2.23. The van der Waals surface area contributed by atoms with Crippen LogP contribution in [0, 0.1) is 23.7 Å². The van der Waals surface area contributed by atoms with Gasteiger partial charge in [0.2, 0.25) is 11.8 Å². The first-order chi connectivity index (χ1) is 10.1. The molecule has 1 fully saturated rings. The largest absolute Gasteiger partial charge is 0.481 e. The highest BCUT2D eigenvalue weighted by molar-refractivity contribution is 5.95. The number of methoxy groups -OCH3 is 1. The molecule has 0 saturated heterocycles. The van der Waals surface area contributed by atoms with Crippen molar-refractivity contribution in [3.8, 4) is 5.88 Å². The summed E-state index contributed by atoms with van der Waals surface area (Å²) >= 11 is 0. The van der Waals surface area contributed by atoms with Crippen molar-refractivity contribution in [1.82, 2.24) is 10.2 Å². The van der Waals surface area contributed by atoms with Crippen LogP contribution in [-0.2, 0) is 9.59 Å². The predicted molar refractivity (Wildman–Crippen MR) is 72.6 cm³/mol. The minimum Gasteiger partial charge on any atom is -0.481 e. The van der Waals surface area contributed by atoms with Crippen molar-refractivity contribution in [3.63, 3.8) is 0 Å². The van der Waals surface area contributed by atoms with E-state index < -0.39 is 17.8 Å². The molecule has 4 atom stereocenters. The van der Waals surface area contributed by atoms with Gasteiger partial charge in [0.15, 0.2) is 5.82 Å². The molecule has 21 heavy (non-hydrogen) atoms. The lowest BCUT2D eigenvalue weighted by Crippen LogP contribution is -2.36. The number of hydrogen-bond donors (Lipinski definition) is 2. The topological polar surface area (TPSA) is 101 Å². The Balaban J connectivity index is 1.75. The van der Waals surface area contributed by atoms with Crippen LogP contribution in [0.25, 0.3) is 0 Å². The number of allylic oxidation sites excluding steroid dienone is 2. The summed E-state index contributed by atoms with van der Waals surface area (Å²) < 4.78 is 4.89. The highest BCUT2D eigenvalue weighted by atomic mass is 16.5. The molecule has 1 aromatic rings. The fourth-order valence-corrected chi connectivity index (χ4v) is 3.22. The van der Waals surface area contributed by atoms with Crippen molar-refractivity contribution >= 4 is 17.7 Å². The Morgan fingerprint density at radius 1 is 1.24 bits per heavy atom. The number of ether oxygens (including phenoxy) is 1. The summed E-state index contributed by atoms with van der Waals surface area (Å²) in [5.74, 6) is -1.89. The van der Waals surface area contributed by atoms with Gasteiger partial charge in [0, 0.05) is 6.07 Å². The SMILES string of the molecule is COc1ccc(NC(=O)[C@@H]2[C@H](C(=O)O)[C@H]3C=C[C@H]2C3)nn1. The van der Waals surface area contributed by atoms with Crippen LogP contribution in [0.5, 0.6) is 5.88 Å². The molecule has 0 aromatic carbocycles. The van der Waals surface area contributed by atoms with E-state index in [4.69, 9.17) is 4.74 Å². The van der Waals surface area contributed by atoms with E-state index in [1.807, 2.05) is 12.2 Å². The number of amides is 1. The van der Waals surface area contributed by atoms with Gasteiger partial charge < -0.3 is 15.2 Å². The van der Waals surface area contributed by atoms with Crippen LogP contribution in [0.4, 0.5) is 5.82 Å². The Morgan fingerprint density at radius 2 is 1.95 bits per heavy atom. The maximum absolute atomic E-state index is 12.4. The monoisotopic (exact) mass is 289 g/mol. The molecule has 2 aliphatic rings. The molecule has 7 heteroatoms. The van der Waals surface area contributed by atoms with E-state index in [2.05, 4.69) is 15.5 Å². The van der Waals surface area contributed by atoms with Crippen LogP contribution in [0.1, 0.15) is 6.42 Å². The normalized spacial score (nSPS) is 29.4. The summed E-state index contributed by atoms with van der Waals surface area (Å²) in [6.45, 7) is 0. The fraction of sp³-hybridized carbons (Fsp3) is 0.429. The molecule has 2 aliphatic carbocycles. The first-order valence-corrected chi connectivity index (χ1v) is 6.70. The minimum atomic E-state index is -0.923. The number of anilines is 1. The van der Waals surface area contributed by atoms with Crippen molar-refractivity contribution in [1.29, 1.82) is 0 Å². The summed E-state index contributed by atoms with van der Waals surface area (Å²) in [6, 6.07) is 3.15. The molecule has 0 aliphatic heterocycles. The van der Waals surface area contributed by atoms with E-state index in [-0.39, 0.29) is 23.6 Å². The molecule has 1 aromatic heterocycles. The standard InChI is InChI=1S/C14H15N3O4/c1-21-10-5-4-9(16-17-10)15-13(18)11-7-2-3-8(6-7)12(11)14(19)20/h2-5,7-8,11-12H,6H2,1H3,(H,19,20)(H,15,16,18)/t7-,8-,11-,12+/m0/s1. The molecular formula is C14H15N3O4. The van der Waals surface area contributed by atoms with Crippen molar-refractivity contribution in [2.75, 3.05) is 12.4 Å². The van der Waals surface area contributed by atoms with Gasteiger partial charge in [-0.05, 0) is 24.3 Å². The molecule has 3 rings (SSSR count). The highest BCUT2D eigenvalue weighted by Crippen LogP contribution is 2.48. The molecule has 7 nitrogen and oxygen atoms in total. The molecule has 110 valence electrons. The zero-order valence-corrected chi connectivity index (χ0v) is 11.4. The number of aromatic nitrogens is 2. The zero-order valence-electron chi connectivity index (χ0n) is 11.4. The van der Waals surface area contributed by atoms with E-state index >= 15 is 0 Å². The van der Waals surface area contributed by atoms with Gasteiger partial charge in [-0.15, -0.1) is 10.2 Å². The molecular weight excluding hydrogens is 274 g/mol. The second kappa shape index (κ2) is 5.16. The lowest BCUT2D eigenvalue weighted by molar-refractivity contribution is -0.146. The average molecular weight is 289 g/mol. The van der Waals surface area contributed by atoms with Crippen molar-refractivity contribution in [3.05, 3.63) is 24.3 Å². The van der Waals surface area contributed by atoms with Crippen LogP contribution < -0.4 is 10.1 Å². The zero-order chi connectivity index (χ0) is 15.0. The fourth-order valence-electron chi connectivity index (χ4n) is 3.22. The second-order valence-corrected chi connectivity index (χ2v) is 5.29. The van der Waals surface area contributed by atoms with E-state index in [1.54, 1.807) is 12.1 Å². The Bertz CT molecular complexity index is 599. The summed E-state index contributed by atoms with van der Waals surface area (Å²) in [7, 11) is 1.47. The molecule has 2 N–H and O–H groups in total. The number of aliphatic carboxylic acids is 1. The maximum Gasteiger partial charge on any atom is 0.307 e. The molecule has 1 amide bonds. The van der Waals surface area contributed by atoms with Crippen LogP contribution in [-0.4, -0.2) is 34.3 Å². The predicted octanol–water partition coefficient (Wildman–Crippen LogP) is 0.947. The third-order valence-corrected chi connectivity index (χ3v) is 4.15. The molecule has 0 spiro atoms. The lowest BCUT2D eigenvalue weighted by atomic mass is 9.82. The number of nitrogens with zero attached hydrogens (tertiary/aromatic N) is 2. The van der Waals surface area contributed by atoms with Crippen molar-refractivity contribution in [2.45, 2.75) is 6.42 Å². The summed E-state index contributed by atoms with van der Waals surface area (Å²) in [6.07, 6.45) is 4.57. The number of carbonyl (C=O) groups excluding carboxylic acids is 1. The van der Waals surface area contributed by atoms with Gasteiger partial charge in [-0.2, -0.15) is 0 Å². The van der Waals surface area contributed by atoms with Gasteiger partial charge in [-0.25, -0.2) is 0 Å². The molecule has 0 unspecified atom stereocenters. The van der Waals surface area contributed by atoms with Gasteiger partial charge in [0.25, 0.3) is 0 Å². The summed E-state index contributed by atoms with van der Waals surface area (Å²) in [5, 5.41) is 19.6. The number of nitrogens with one attached hydrogen (secondary N) is 1. The number of carboxylic acids is 1. The average Bonchev–Trinajstić information content (AvgIpc) is 3.08. The van der Waals surface area contributed by atoms with E-state index in [1.165, 1.54) is 7.11 Å². The number of fused-ring (bicyclic) bond motifs is 2. The van der Waals surface area contributed by atoms with Crippen LogP contribution in [0.15, 0.2) is 24.3 Å². The van der Waals surface area contributed by atoms with Gasteiger partial charge in [-0.3, -0.25) is 9.59 Å². The Kier molecular flexibility index (Phi) is 3.32. The number of hydrogen-bond acceptors (Lipinski definition) is 5. The van der Waals surface area contributed by atoms with Crippen LogP contribution >= 0.6 is 0 Å². The molecule has 1 heterocycles. The Morgan fingerprint density at radius 3 is 2.52 bits per heavy atom. The van der Waals surface area contributed by atoms with Crippen LogP contribution in [0.3, 0.4) is 0 Å². The molecule has 2 bridgehead atoms. The third kappa shape index (κ3) is 2.35. The van der Waals surface area contributed by atoms with Gasteiger partial charge in [-0.1, -0.05) is 12.2 Å². The molecule has 1 saturated carbocycles. The summed E-state index contributed by atoms with van der Waals surface area (Å²) in [4.78, 5) is 23.8. The smallest absolute Gasteiger partial charge is 0.307 e. The van der Waals surface area contributed by atoms with Crippen molar-refractivity contribution < 1.29 is 19.4 Å². The Hall–Kier alpha value is -2.44. The number of carbonyl (C=O) groups is 2. The highest BCUT2D eigenvalue weighted by Gasteiger charge is 2.51. The van der Waals surface area contributed by atoms with Gasteiger partial charge >= 0.3 is 5.97 Å².